The highest BCUT2D eigenvalue weighted by Crippen LogP contribution is 2.39. The highest BCUT2D eigenvalue weighted by molar-refractivity contribution is 5.01. The van der Waals surface area contributed by atoms with Crippen LogP contribution in [0.25, 0.3) is 0 Å². The van der Waals surface area contributed by atoms with Gasteiger partial charge in [0.2, 0.25) is 0 Å². The van der Waals surface area contributed by atoms with Gasteiger partial charge in [-0.25, -0.2) is 0 Å². The van der Waals surface area contributed by atoms with Crippen LogP contribution in [0.1, 0.15) is 45.4 Å². The second kappa shape index (κ2) is 6.42. The van der Waals surface area contributed by atoms with E-state index in [0.29, 0.717) is 5.41 Å². The molecule has 2 fully saturated rings. The SMILES string of the molecule is CCC#CCN1CCCC2(CCNCC2)CC1. The fourth-order valence-electron chi connectivity index (χ4n) is 3.22. The van der Waals surface area contributed by atoms with Crippen molar-refractivity contribution in [1.29, 1.82) is 0 Å². The third-order valence-corrected chi connectivity index (χ3v) is 4.41. The molecule has 0 aromatic carbocycles. The van der Waals surface area contributed by atoms with E-state index in [-0.39, 0.29) is 0 Å². The lowest BCUT2D eigenvalue weighted by Crippen LogP contribution is -2.37. The Morgan fingerprint density at radius 3 is 2.65 bits per heavy atom. The van der Waals surface area contributed by atoms with Crippen molar-refractivity contribution in [3.8, 4) is 11.8 Å². The van der Waals surface area contributed by atoms with Gasteiger partial charge in [-0.2, -0.15) is 0 Å². The maximum absolute atomic E-state index is 3.49. The lowest BCUT2D eigenvalue weighted by Gasteiger charge is -2.37. The Morgan fingerprint density at radius 2 is 1.88 bits per heavy atom. The Kier molecular flexibility index (Phi) is 4.88. The summed E-state index contributed by atoms with van der Waals surface area (Å²) in [5.74, 6) is 6.47. The van der Waals surface area contributed by atoms with Crippen molar-refractivity contribution in [3.05, 3.63) is 0 Å². The Labute approximate surface area is 106 Å². The normalized spacial score (nSPS) is 25.0. The van der Waals surface area contributed by atoms with Gasteiger partial charge >= 0.3 is 0 Å². The van der Waals surface area contributed by atoms with Gasteiger partial charge in [0.1, 0.15) is 0 Å². The van der Waals surface area contributed by atoms with Gasteiger partial charge < -0.3 is 5.32 Å². The van der Waals surface area contributed by atoms with Crippen molar-refractivity contribution in [2.75, 3.05) is 32.7 Å². The molecule has 2 saturated heterocycles. The molecular formula is C15H26N2. The molecule has 2 heterocycles. The summed E-state index contributed by atoms with van der Waals surface area (Å²) in [6, 6.07) is 0. The third-order valence-electron chi connectivity index (χ3n) is 4.41. The summed E-state index contributed by atoms with van der Waals surface area (Å²) in [5, 5.41) is 3.49. The van der Waals surface area contributed by atoms with Gasteiger partial charge in [0, 0.05) is 6.42 Å². The molecule has 0 aromatic heterocycles. The number of likely N-dealkylation sites (tertiary alicyclic amines) is 1. The molecule has 96 valence electrons. The molecule has 2 rings (SSSR count). The van der Waals surface area contributed by atoms with E-state index in [4.69, 9.17) is 0 Å². The molecule has 2 aliphatic rings. The standard InChI is InChI=1S/C15H26N2/c1-2-3-4-12-17-13-5-6-15(9-14-17)7-10-16-11-8-15/h16H,2,5-14H2,1H3. The van der Waals surface area contributed by atoms with Crippen LogP contribution in [0.2, 0.25) is 0 Å². The van der Waals surface area contributed by atoms with Crippen molar-refractivity contribution in [2.24, 2.45) is 5.41 Å². The number of piperidine rings is 1. The van der Waals surface area contributed by atoms with Crippen LogP contribution in [0, 0.1) is 17.3 Å². The first-order chi connectivity index (χ1) is 8.35. The van der Waals surface area contributed by atoms with E-state index in [1.54, 1.807) is 0 Å². The van der Waals surface area contributed by atoms with E-state index < -0.39 is 0 Å². The van der Waals surface area contributed by atoms with E-state index in [0.717, 1.165) is 13.0 Å². The Hall–Kier alpha value is -0.520. The van der Waals surface area contributed by atoms with E-state index in [1.807, 2.05) is 0 Å². The fraction of sp³-hybridized carbons (Fsp3) is 0.867. The van der Waals surface area contributed by atoms with Gasteiger partial charge in [0.25, 0.3) is 0 Å². The van der Waals surface area contributed by atoms with Crippen molar-refractivity contribution >= 4 is 0 Å². The molecule has 0 atom stereocenters. The summed E-state index contributed by atoms with van der Waals surface area (Å²) in [4.78, 5) is 2.56. The number of nitrogens with zero attached hydrogens (tertiary/aromatic N) is 1. The van der Waals surface area contributed by atoms with Gasteiger partial charge in [-0.15, -0.1) is 5.92 Å². The van der Waals surface area contributed by atoms with E-state index >= 15 is 0 Å². The molecular weight excluding hydrogens is 208 g/mol. The van der Waals surface area contributed by atoms with E-state index in [9.17, 15) is 0 Å². The summed E-state index contributed by atoms with van der Waals surface area (Å²) in [7, 11) is 0. The zero-order chi connectivity index (χ0) is 12.0. The van der Waals surface area contributed by atoms with E-state index in [1.165, 1.54) is 58.3 Å². The zero-order valence-electron chi connectivity index (χ0n) is 11.2. The van der Waals surface area contributed by atoms with Gasteiger partial charge in [0.05, 0.1) is 6.54 Å². The van der Waals surface area contributed by atoms with Crippen LogP contribution in [-0.4, -0.2) is 37.6 Å². The first kappa shape index (κ1) is 12.9. The molecule has 0 bridgehead atoms. The highest BCUT2D eigenvalue weighted by atomic mass is 15.1. The molecule has 0 unspecified atom stereocenters. The lowest BCUT2D eigenvalue weighted by atomic mass is 9.73. The van der Waals surface area contributed by atoms with Crippen LogP contribution in [0.3, 0.4) is 0 Å². The van der Waals surface area contributed by atoms with Crippen LogP contribution in [-0.2, 0) is 0 Å². The minimum absolute atomic E-state index is 0.665. The second-order valence-electron chi connectivity index (χ2n) is 5.59. The minimum atomic E-state index is 0.665. The summed E-state index contributed by atoms with van der Waals surface area (Å²) in [6.45, 7) is 8.10. The molecule has 2 aliphatic heterocycles. The highest BCUT2D eigenvalue weighted by Gasteiger charge is 2.33. The van der Waals surface area contributed by atoms with Crippen LogP contribution in [0.15, 0.2) is 0 Å². The molecule has 17 heavy (non-hydrogen) atoms. The maximum Gasteiger partial charge on any atom is 0.0601 e. The average molecular weight is 234 g/mol. The molecule has 0 amide bonds. The number of rotatable bonds is 1. The van der Waals surface area contributed by atoms with Crippen LogP contribution in [0.5, 0.6) is 0 Å². The molecule has 2 nitrogen and oxygen atoms in total. The topological polar surface area (TPSA) is 15.3 Å². The Balaban J connectivity index is 1.84. The molecule has 1 N–H and O–H groups in total. The number of hydrogen-bond donors (Lipinski definition) is 1. The summed E-state index contributed by atoms with van der Waals surface area (Å²) >= 11 is 0. The van der Waals surface area contributed by atoms with E-state index in [2.05, 4.69) is 29.0 Å². The van der Waals surface area contributed by atoms with Crippen molar-refractivity contribution in [1.82, 2.24) is 10.2 Å². The quantitative estimate of drug-likeness (QED) is 0.700. The van der Waals surface area contributed by atoms with Crippen molar-refractivity contribution in [2.45, 2.75) is 45.4 Å². The van der Waals surface area contributed by atoms with Crippen LogP contribution in [0.4, 0.5) is 0 Å². The van der Waals surface area contributed by atoms with Crippen LogP contribution >= 0.6 is 0 Å². The summed E-state index contributed by atoms with van der Waals surface area (Å²) in [5.41, 5.74) is 0.665. The van der Waals surface area contributed by atoms with Gasteiger partial charge in [-0.3, -0.25) is 4.90 Å². The Bertz CT molecular complexity index is 281. The van der Waals surface area contributed by atoms with Gasteiger partial charge in [0.15, 0.2) is 0 Å². The predicted molar refractivity (Wildman–Crippen MR) is 72.9 cm³/mol. The predicted octanol–water partition coefficient (Wildman–Crippen LogP) is 2.26. The second-order valence-corrected chi connectivity index (χ2v) is 5.59. The molecule has 2 heteroatoms. The molecule has 1 spiro atoms. The third kappa shape index (κ3) is 3.72. The fourth-order valence-corrected chi connectivity index (χ4v) is 3.22. The monoisotopic (exact) mass is 234 g/mol. The lowest BCUT2D eigenvalue weighted by molar-refractivity contribution is 0.170. The average Bonchev–Trinajstić information content (AvgIpc) is 2.54. The van der Waals surface area contributed by atoms with Crippen molar-refractivity contribution < 1.29 is 0 Å². The first-order valence-corrected chi connectivity index (χ1v) is 7.23. The van der Waals surface area contributed by atoms with Gasteiger partial charge in [-0.05, 0) is 63.7 Å². The Morgan fingerprint density at radius 1 is 1.06 bits per heavy atom. The first-order valence-electron chi connectivity index (χ1n) is 7.23. The van der Waals surface area contributed by atoms with Crippen molar-refractivity contribution in [3.63, 3.8) is 0 Å². The largest absolute Gasteiger partial charge is 0.317 e. The van der Waals surface area contributed by atoms with Crippen LogP contribution < -0.4 is 5.32 Å². The van der Waals surface area contributed by atoms with Gasteiger partial charge in [-0.1, -0.05) is 12.8 Å². The number of nitrogens with one attached hydrogen (secondary N) is 1. The molecule has 0 aliphatic carbocycles. The summed E-state index contributed by atoms with van der Waals surface area (Å²) in [6.07, 6.45) is 7.97. The maximum atomic E-state index is 3.49. The number of hydrogen-bond acceptors (Lipinski definition) is 2. The molecule has 0 aromatic rings. The smallest absolute Gasteiger partial charge is 0.0601 e. The molecule has 0 radical (unpaired) electrons. The zero-order valence-corrected chi connectivity index (χ0v) is 11.2. The molecule has 0 saturated carbocycles. The minimum Gasteiger partial charge on any atom is -0.317 e. The summed E-state index contributed by atoms with van der Waals surface area (Å²) < 4.78 is 0.